The van der Waals surface area contributed by atoms with Gasteiger partial charge in [0.05, 0.1) is 34.8 Å². The lowest BCUT2D eigenvalue weighted by molar-refractivity contribution is -0.166. The zero-order chi connectivity index (χ0) is 20.3. The molecule has 0 bridgehead atoms. The van der Waals surface area contributed by atoms with E-state index in [1.54, 1.807) is 12.1 Å². The van der Waals surface area contributed by atoms with Crippen molar-refractivity contribution in [2.45, 2.75) is 52.4 Å². The van der Waals surface area contributed by atoms with Crippen LogP contribution in [-0.4, -0.2) is 34.9 Å². The van der Waals surface area contributed by atoms with Gasteiger partial charge in [0.2, 0.25) is 6.29 Å². The summed E-state index contributed by atoms with van der Waals surface area (Å²) in [6.07, 6.45) is 1.46. The van der Waals surface area contributed by atoms with Gasteiger partial charge < -0.3 is 14.8 Å². The van der Waals surface area contributed by atoms with E-state index in [1.165, 1.54) is 6.92 Å². The van der Waals surface area contributed by atoms with E-state index in [-0.39, 0.29) is 12.0 Å². The highest BCUT2D eigenvalue weighted by Crippen LogP contribution is 2.33. The Morgan fingerprint density at radius 3 is 2.64 bits per heavy atom. The molecule has 2 atom stereocenters. The molecule has 0 amide bonds. The third-order valence-electron chi connectivity index (χ3n) is 4.49. The summed E-state index contributed by atoms with van der Waals surface area (Å²) in [5.41, 5.74) is 3.27. The van der Waals surface area contributed by atoms with E-state index in [2.05, 4.69) is 5.32 Å². The number of aromatic nitrogens is 2. The van der Waals surface area contributed by atoms with Gasteiger partial charge in [0.25, 0.3) is 0 Å². The topological polar surface area (TPSA) is 73.3 Å². The van der Waals surface area contributed by atoms with Crippen LogP contribution in [-0.2, 0) is 27.1 Å². The first-order valence-corrected chi connectivity index (χ1v) is 10.1. The maximum absolute atomic E-state index is 11.1. The molecule has 0 saturated carbocycles. The van der Waals surface area contributed by atoms with Crippen LogP contribution in [0.15, 0.2) is 18.2 Å². The summed E-state index contributed by atoms with van der Waals surface area (Å²) in [6, 6.07) is 5.38. The number of halogens is 2. The van der Waals surface area contributed by atoms with Crippen molar-refractivity contribution in [2.75, 3.05) is 11.9 Å². The maximum Gasteiger partial charge on any atom is 0.304 e. The highest BCUT2D eigenvalue weighted by Gasteiger charge is 2.29. The lowest BCUT2D eigenvalue weighted by Crippen LogP contribution is -2.23. The minimum atomic E-state index is -0.522. The van der Waals surface area contributed by atoms with Gasteiger partial charge in [-0.3, -0.25) is 4.79 Å². The Labute approximate surface area is 174 Å². The van der Waals surface area contributed by atoms with Gasteiger partial charge in [-0.05, 0) is 31.0 Å². The van der Waals surface area contributed by atoms with Gasteiger partial charge in [-0.1, -0.05) is 37.0 Å². The molecule has 3 rings (SSSR count). The maximum atomic E-state index is 11.1. The molecule has 1 aromatic carbocycles. The highest BCUT2D eigenvalue weighted by molar-refractivity contribution is 6.36. The zero-order valence-electron chi connectivity index (χ0n) is 16.1. The number of nitrogens with one attached hydrogen (secondary N) is 1. The molecule has 1 aliphatic heterocycles. The number of carbonyl (C=O) groups is 1. The average Bonchev–Trinajstić information content (AvgIpc) is 3.07. The van der Waals surface area contributed by atoms with Crippen LogP contribution in [0.1, 0.15) is 38.6 Å². The predicted octanol–water partition coefficient (Wildman–Crippen LogP) is 4.67. The average molecular weight is 424 g/mol. The number of hydrogen-bond donors (Lipinski definition) is 1. The van der Waals surface area contributed by atoms with E-state index in [0.717, 1.165) is 28.5 Å². The number of anilines is 1. The van der Waals surface area contributed by atoms with Gasteiger partial charge in [0.15, 0.2) is 0 Å². The third kappa shape index (κ3) is 4.74. The molecule has 1 fully saturated rings. The number of benzene rings is 1. The molecule has 6 nitrogen and oxygen atoms in total. The van der Waals surface area contributed by atoms with Crippen LogP contribution in [0.3, 0.4) is 0 Å². The SMILES string of the molecule is CCc1nc(-c2ccc(Cl)cc2Cl)c(CC)nc1N[C@H]1COC(OC(C)=O)C1. The predicted molar refractivity (Wildman–Crippen MR) is 110 cm³/mol. The fourth-order valence-corrected chi connectivity index (χ4v) is 3.66. The largest absolute Gasteiger partial charge is 0.436 e. The second-order valence-corrected chi connectivity index (χ2v) is 7.44. The van der Waals surface area contributed by atoms with Crippen molar-refractivity contribution in [1.29, 1.82) is 0 Å². The van der Waals surface area contributed by atoms with E-state index in [1.807, 2.05) is 19.9 Å². The molecule has 0 radical (unpaired) electrons. The molecule has 2 aromatic rings. The van der Waals surface area contributed by atoms with Crippen molar-refractivity contribution in [2.24, 2.45) is 0 Å². The summed E-state index contributed by atoms with van der Waals surface area (Å²) in [7, 11) is 0. The van der Waals surface area contributed by atoms with Crippen molar-refractivity contribution < 1.29 is 14.3 Å². The first-order chi connectivity index (χ1) is 13.4. The molecular formula is C20H23Cl2N3O3. The molecule has 8 heteroatoms. The number of aryl methyl sites for hydroxylation is 2. The van der Waals surface area contributed by atoms with Crippen molar-refractivity contribution in [3.8, 4) is 11.3 Å². The van der Waals surface area contributed by atoms with E-state index in [0.29, 0.717) is 35.9 Å². The summed E-state index contributed by atoms with van der Waals surface area (Å²) >= 11 is 12.4. The van der Waals surface area contributed by atoms with Gasteiger partial charge in [-0.15, -0.1) is 0 Å². The Hall–Kier alpha value is -1.89. The Morgan fingerprint density at radius 1 is 1.25 bits per heavy atom. The molecular weight excluding hydrogens is 401 g/mol. The van der Waals surface area contributed by atoms with Crippen LogP contribution in [0, 0.1) is 0 Å². The number of esters is 1. The second kappa shape index (κ2) is 9.07. The summed E-state index contributed by atoms with van der Waals surface area (Å²) < 4.78 is 10.6. The Kier molecular flexibility index (Phi) is 6.75. The summed E-state index contributed by atoms with van der Waals surface area (Å²) in [5.74, 6) is 0.377. The van der Waals surface area contributed by atoms with E-state index < -0.39 is 6.29 Å². The van der Waals surface area contributed by atoms with Crippen LogP contribution in [0.2, 0.25) is 10.0 Å². The third-order valence-corrected chi connectivity index (χ3v) is 5.04. The molecule has 1 saturated heterocycles. The van der Waals surface area contributed by atoms with Crippen LogP contribution in [0.5, 0.6) is 0 Å². The van der Waals surface area contributed by atoms with Crippen LogP contribution in [0.4, 0.5) is 5.82 Å². The van der Waals surface area contributed by atoms with Crippen molar-refractivity contribution >= 4 is 35.0 Å². The molecule has 2 heterocycles. The molecule has 1 N–H and O–H groups in total. The summed E-state index contributed by atoms with van der Waals surface area (Å²) in [6.45, 7) is 5.87. The lowest BCUT2D eigenvalue weighted by Gasteiger charge is -2.18. The number of carbonyl (C=O) groups excluding carboxylic acids is 1. The van der Waals surface area contributed by atoms with Gasteiger partial charge in [0, 0.05) is 23.9 Å². The molecule has 1 aliphatic rings. The first-order valence-electron chi connectivity index (χ1n) is 9.31. The van der Waals surface area contributed by atoms with Gasteiger partial charge in [-0.25, -0.2) is 9.97 Å². The molecule has 0 spiro atoms. The van der Waals surface area contributed by atoms with Crippen molar-refractivity contribution in [3.05, 3.63) is 39.6 Å². The van der Waals surface area contributed by atoms with E-state index >= 15 is 0 Å². The molecule has 150 valence electrons. The molecule has 28 heavy (non-hydrogen) atoms. The van der Waals surface area contributed by atoms with E-state index in [9.17, 15) is 4.79 Å². The van der Waals surface area contributed by atoms with Gasteiger partial charge in [0.1, 0.15) is 5.82 Å². The van der Waals surface area contributed by atoms with Crippen LogP contribution < -0.4 is 5.32 Å². The minimum absolute atomic E-state index is 0.00127. The number of nitrogens with zero attached hydrogens (tertiary/aromatic N) is 2. The van der Waals surface area contributed by atoms with Crippen LogP contribution >= 0.6 is 23.2 Å². The van der Waals surface area contributed by atoms with Crippen molar-refractivity contribution in [3.63, 3.8) is 0 Å². The van der Waals surface area contributed by atoms with Gasteiger partial charge in [-0.2, -0.15) is 0 Å². The molecule has 1 aromatic heterocycles. The number of ether oxygens (including phenoxy) is 2. The Balaban J connectivity index is 1.88. The fraction of sp³-hybridized carbons (Fsp3) is 0.450. The Morgan fingerprint density at radius 2 is 2.00 bits per heavy atom. The standard InChI is InChI=1S/C20H23Cl2N3O3/c1-4-16-19(14-7-6-12(21)8-15(14)22)24-17(5-2)20(25-16)23-13-9-18(27-10-13)28-11(3)26/h6-8,13,18H,4-5,9-10H2,1-3H3,(H,23,25)/t13-,18?/m1/s1. The lowest BCUT2D eigenvalue weighted by atomic mass is 10.1. The normalized spacial score (nSPS) is 18.9. The Bertz CT molecular complexity index is 876. The van der Waals surface area contributed by atoms with E-state index in [4.69, 9.17) is 42.6 Å². The fourth-order valence-electron chi connectivity index (χ4n) is 3.16. The quantitative estimate of drug-likeness (QED) is 0.680. The zero-order valence-corrected chi connectivity index (χ0v) is 17.6. The monoisotopic (exact) mass is 423 g/mol. The van der Waals surface area contributed by atoms with Crippen molar-refractivity contribution in [1.82, 2.24) is 9.97 Å². The smallest absolute Gasteiger partial charge is 0.304 e. The summed E-state index contributed by atoms with van der Waals surface area (Å²) in [4.78, 5) is 20.8. The summed E-state index contributed by atoms with van der Waals surface area (Å²) in [5, 5.41) is 4.53. The second-order valence-electron chi connectivity index (χ2n) is 6.59. The van der Waals surface area contributed by atoms with Crippen LogP contribution in [0.25, 0.3) is 11.3 Å². The number of hydrogen-bond acceptors (Lipinski definition) is 6. The number of rotatable bonds is 6. The molecule has 1 unspecified atom stereocenters. The molecule has 0 aliphatic carbocycles. The minimum Gasteiger partial charge on any atom is -0.436 e. The van der Waals surface area contributed by atoms with Gasteiger partial charge >= 0.3 is 5.97 Å². The highest BCUT2D eigenvalue weighted by atomic mass is 35.5. The first kappa shape index (κ1) is 20.8.